The minimum absolute atomic E-state index is 0.146. The van der Waals surface area contributed by atoms with Crippen LogP contribution in [-0.2, 0) is 28.6 Å². The zero-order valence-electron chi connectivity index (χ0n) is 40.4. The van der Waals surface area contributed by atoms with Gasteiger partial charge in [-0.05, 0) is 96.3 Å². The zero-order chi connectivity index (χ0) is 47.2. The van der Waals surface area contributed by atoms with Crippen molar-refractivity contribution >= 4 is 17.9 Å². The predicted molar refractivity (Wildman–Crippen MR) is 278 cm³/mol. The van der Waals surface area contributed by atoms with Crippen molar-refractivity contribution in [2.24, 2.45) is 0 Å². The first-order valence-electron chi connectivity index (χ1n) is 24.4. The number of esters is 3. The van der Waals surface area contributed by atoms with Gasteiger partial charge in [0.25, 0.3) is 0 Å². The van der Waals surface area contributed by atoms with Crippen molar-refractivity contribution in [1.82, 2.24) is 0 Å². The summed E-state index contributed by atoms with van der Waals surface area (Å²) in [7, 11) is 0. The molecule has 0 fully saturated rings. The Morgan fingerprint density at radius 1 is 0.323 bits per heavy atom. The molecule has 356 valence electrons. The Bertz CT molecular complexity index is 1630. The summed E-state index contributed by atoms with van der Waals surface area (Å²) in [5.74, 6) is -1.12. The van der Waals surface area contributed by atoms with E-state index in [2.05, 4.69) is 99.8 Å². The highest BCUT2D eigenvalue weighted by molar-refractivity contribution is 5.71. The van der Waals surface area contributed by atoms with Crippen LogP contribution in [0.2, 0.25) is 0 Å². The normalized spacial score (nSPS) is 13.7. The number of unbranched alkanes of at least 4 members (excludes halogenated alkanes) is 7. The Morgan fingerprint density at radius 2 is 0.646 bits per heavy atom. The fourth-order valence-electron chi connectivity index (χ4n) is 5.58. The summed E-state index contributed by atoms with van der Waals surface area (Å²) in [4.78, 5) is 37.9. The molecule has 6 nitrogen and oxygen atoms in total. The summed E-state index contributed by atoms with van der Waals surface area (Å²) < 4.78 is 16.6. The topological polar surface area (TPSA) is 78.9 Å². The lowest BCUT2D eigenvalue weighted by Gasteiger charge is -2.18. The monoisotopic (exact) mass is 889 g/mol. The van der Waals surface area contributed by atoms with Gasteiger partial charge < -0.3 is 14.2 Å². The second kappa shape index (κ2) is 51.1. The summed E-state index contributed by atoms with van der Waals surface area (Å²) in [6, 6.07) is 0. The second-order valence-corrected chi connectivity index (χ2v) is 15.1. The van der Waals surface area contributed by atoms with Crippen molar-refractivity contribution in [2.45, 2.75) is 155 Å². The molecule has 0 saturated heterocycles. The minimum atomic E-state index is -0.853. The molecule has 65 heavy (non-hydrogen) atoms. The molecule has 0 aromatic heterocycles. The van der Waals surface area contributed by atoms with Crippen LogP contribution >= 0.6 is 0 Å². The smallest absolute Gasteiger partial charge is 0.306 e. The number of allylic oxidation sites excluding steroid dienone is 30. The van der Waals surface area contributed by atoms with Gasteiger partial charge in [0.05, 0.1) is 0 Å². The van der Waals surface area contributed by atoms with E-state index in [1.807, 2.05) is 103 Å². The van der Waals surface area contributed by atoms with Crippen LogP contribution in [0.25, 0.3) is 0 Å². The van der Waals surface area contributed by atoms with Crippen molar-refractivity contribution in [3.63, 3.8) is 0 Å². The molecule has 0 aliphatic carbocycles. The van der Waals surface area contributed by atoms with Crippen molar-refractivity contribution in [3.05, 3.63) is 182 Å². The van der Waals surface area contributed by atoms with Gasteiger partial charge in [0.2, 0.25) is 0 Å². The number of rotatable bonds is 40. The zero-order valence-corrected chi connectivity index (χ0v) is 40.4. The van der Waals surface area contributed by atoms with E-state index in [4.69, 9.17) is 14.2 Å². The van der Waals surface area contributed by atoms with Crippen LogP contribution in [0, 0.1) is 0 Å². The van der Waals surface area contributed by atoms with Crippen LogP contribution in [-0.4, -0.2) is 37.2 Å². The van der Waals surface area contributed by atoms with E-state index in [1.165, 1.54) is 0 Å². The third kappa shape index (κ3) is 49.4. The molecular formula is C59H84O6. The summed E-state index contributed by atoms with van der Waals surface area (Å²) >= 11 is 0. The van der Waals surface area contributed by atoms with E-state index in [9.17, 15) is 14.4 Å². The molecule has 0 aromatic rings. The van der Waals surface area contributed by atoms with Crippen LogP contribution < -0.4 is 0 Å². The third-order valence-corrected chi connectivity index (χ3v) is 9.14. The molecule has 0 aromatic carbocycles. The molecule has 1 atom stereocenters. The van der Waals surface area contributed by atoms with Gasteiger partial charge in [0, 0.05) is 19.3 Å². The van der Waals surface area contributed by atoms with E-state index in [-0.39, 0.29) is 50.4 Å². The third-order valence-electron chi connectivity index (χ3n) is 9.14. The summed E-state index contributed by atoms with van der Waals surface area (Å²) in [6.45, 7) is 6.06. The van der Waals surface area contributed by atoms with Crippen molar-refractivity contribution in [2.75, 3.05) is 13.2 Å². The Kier molecular flexibility index (Phi) is 46.8. The first-order chi connectivity index (χ1) is 32.0. The molecule has 0 bridgehead atoms. The molecule has 0 saturated carbocycles. The van der Waals surface area contributed by atoms with Crippen molar-refractivity contribution in [1.29, 1.82) is 0 Å². The summed E-state index contributed by atoms with van der Waals surface area (Å²) in [5, 5.41) is 0. The first kappa shape index (κ1) is 59.5. The Hall–Kier alpha value is -5.49. The van der Waals surface area contributed by atoms with E-state index in [1.54, 1.807) is 0 Å². The maximum atomic E-state index is 12.8. The van der Waals surface area contributed by atoms with E-state index >= 15 is 0 Å². The van der Waals surface area contributed by atoms with Gasteiger partial charge in [-0.3, -0.25) is 14.4 Å². The number of hydrogen-bond donors (Lipinski definition) is 0. The maximum absolute atomic E-state index is 12.8. The van der Waals surface area contributed by atoms with E-state index in [0.29, 0.717) is 12.8 Å². The second-order valence-electron chi connectivity index (χ2n) is 15.1. The average molecular weight is 889 g/mol. The molecule has 1 unspecified atom stereocenters. The minimum Gasteiger partial charge on any atom is -0.462 e. The van der Waals surface area contributed by atoms with Crippen molar-refractivity contribution in [3.8, 4) is 0 Å². The van der Waals surface area contributed by atoms with Crippen LogP contribution in [0.1, 0.15) is 149 Å². The molecule has 0 heterocycles. The highest BCUT2D eigenvalue weighted by Gasteiger charge is 2.19. The van der Waals surface area contributed by atoms with Crippen LogP contribution in [0.15, 0.2) is 182 Å². The Morgan fingerprint density at radius 3 is 1.08 bits per heavy atom. The van der Waals surface area contributed by atoms with Gasteiger partial charge in [-0.15, -0.1) is 0 Å². The van der Waals surface area contributed by atoms with E-state index < -0.39 is 6.10 Å². The van der Waals surface area contributed by atoms with Gasteiger partial charge in [0.1, 0.15) is 13.2 Å². The lowest BCUT2D eigenvalue weighted by atomic mass is 10.1. The largest absolute Gasteiger partial charge is 0.462 e. The molecule has 0 amide bonds. The van der Waals surface area contributed by atoms with Crippen LogP contribution in [0.3, 0.4) is 0 Å². The number of hydrogen-bond acceptors (Lipinski definition) is 6. The van der Waals surface area contributed by atoms with Gasteiger partial charge in [0.15, 0.2) is 6.10 Å². The lowest BCUT2D eigenvalue weighted by molar-refractivity contribution is -0.167. The van der Waals surface area contributed by atoms with Crippen molar-refractivity contribution < 1.29 is 28.6 Å². The quantitative estimate of drug-likeness (QED) is 0.0200. The highest BCUT2D eigenvalue weighted by atomic mass is 16.6. The molecule has 0 spiro atoms. The molecule has 0 aliphatic heterocycles. The summed E-state index contributed by atoms with van der Waals surface area (Å²) in [6.07, 6.45) is 77.4. The van der Waals surface area contributed by atoms with Crippen LogP contribution in [0.4, 0.5) is 0 Å². The first-order valence-corrected chi connectivity index (χ1v) is 24.4. The van der Waals surface area contributed by atoms with Crippen LogP contribution in [0.5, 0.6) is 0 Å². The van der Waals surface area contributed by atoms with Gasteiger partial charge in [-0.1, -0.05) is 216 Å². The molecule has 0 radical (unpaired) electrons. The van der Waals surface area contributed by atoms with Gasteiger partial charge in [-0.25, -0.2) is 0 Å². The van der Waals surface area contributed by atoms with Gasteiger partial charge >= 0.3 is 17.9 Å². The summed E-state index contributed by atoms with van der Waals surface area (Å²) in [5.41, 5.74) is 0. The fourth-order valence-corrected chi connectivity index (χ4v) is 5.58. The molecule has 6 heteroatoms. The average Bonchev–Trinajstić information content (AvgIpc) is 3.30. The highest BCUT2D eigenvalue weighted by Crippen LogP contribution is 2.10. The molecule has 0 N–H and O–H groups in total. The number of carbonyl (C=O) groups excluding carboxylic acids is 3. The molecular weight excluding hydrogens is 805 g/mol. The number of ether oxygens (including phenoxy) is 3. The Balaban J connectivity index is 4.66. The number of carbonyl (C=O) groups is 3. The fraction of sp³-hybridized carbons (Fsp3) is 0.441. The molecule has 0 rings (SSSR count). The lowest BCUT2D eigenvalue weighted by Crippen LogP contribution is -2.30. The Labute approximate surface area is 395 Å². The predicted octanol–water partition coefficient (Wildman–Crippen LogP) is 16.2. The van der Waals surface area contributed by atoms with E-state index in [0.717, 1.165) is 96.3 Å². The molecule has 0 aliphatic rings. The maximum Gasteiger partial charge on any atom is 0.306 e. The SMILES string of the molecule is CC/C=C/C=C/C=C/C=C/C=C/CCCCCC(=O)OC(COC(=O)CCC/C=C/C=C/C=C/C=C/C=C/CC)COC(=O)CCCCC/C=C/C/C=C/C/C=C/C/C=C/C/C=C/CC. The standard InChI is InChI=1S/C59H84O6/c1-4-7-10-13-16-19-22-25-27-28-29-30-32-34-37-40-43-46-49-52-58(61)64-55-56(54-63-57(60)51-48-45-42-39-36-33-24-21-18-15-12-9-6-3)65-59(62)53-50-47-44-41-38-35-31-26-23-20-17-14-11-8-5-2/h7-12,14-21,23-27,29-31,33-39,42,56H,4-6,13,22,28,32,40-41,43-55H2,1-3H3/b10-7+,11-8+,12-9+,17-14+,18-15+,19-16+,23-20+,24-21+,27-25+,30-29+,31-26+,36-33+,37-34+,38-35+,42-39+. The van der Waals surface area contributed by atoms with Gasteiger partial charge in [-0.2, -0.15) is 0 Å².